The maximum absolute atomic E-state index is 12.3. The minimum atomic E-state index is 0.0709. The Morgan fingerprint density at radius 1 is 1.21 bits per heavy atom. The molecule has 1 N–H and O–H groups in total. The number of aromatic nitrogens is 2. The first-order valence-corrected chi connectivity index (χ1v) is 6.30. The Morgan fingerprint density at radius 3 is 2.79 bits per heavy atom. The van der Waals surface area contributed by atoms with Gasteiger partial charge in [-0.15, -0.1) is 0 Å². The van der Waals surface area contributed by atoms with Crippen molar-refractivity contribution >= 4 is 28.3 Å². The lowest BCUT2D eigenvalue weighted by Crippen LogP contribution is -2.02. The molecule has 0 saturated heterocycles. The van der Waals surface area contributed by atoms with Gasteiger partial charge in [-0.3, -0.25) is 9.78 Å². The van der Waals surface area contributed by atoms with Crippen LogP contribution >= 0.6 is 11.6 Å². The van der Waals surface area contributed by atoms with Gasteiger partial charge in [0.25, 0.3) is 0 Å². The highest BCUT2D eigenvalue weighted by Gasteiger charge is 2.12. The van der Waals surface area contributed by atoms with Gasteiger partial charge < -0.3 is 4.98 Å². The van der Waals surface area contributed by atoms with Crippen molar-refractivity contribution in [2.45, 2.75) is 6.42 Å². The Kier molecular flexibility index (Phi) is 3.05. The summed E-state index contributed by atoms with van der Waals surface area (Å²) in [6, 6.07) is 9.18. The molecule has 19 heavy (non-hydrogen) atoms. The van der Waals surface area contributed by atoms with Gasteiger partial charge in [-0.1, -0.05) is 23.7 Å². The van der Waals surface area contributed by atoms with Crippen molar-refractivity contribution in [2.24, 2.45) is 0 Å². The van der Waals surface area contributed by atoms with E-state index < -0.39 is 0 Å². The number of H-pyrrole nitrogens is 1. The zero-order valence-corrected chi connectivity index (χ0v) is 10.8. The number of carbonyl (C=O) groups is 1. The summed E-state index contributed by atoms with van der Waals surface area (Å²) in [6.07, 6.45) is 5.51. The Bertz CT molecular complexity index is 731. The lowest BCUT2D eigenvalue weighted by molar-refractivity contribution is 0.0994. The highest BCUT2D eigenvalue weighted by Crippen LogP contribution is 2.19. The van der Waals surface area contributed by atoms with Crippen LogP contribution in [0.5, 0.6) is 0 Å². The summed E-state index contributed by atoms with van der Waals surface area (Å²) in [4.78, 5) is 19.4. The third-order valence-corrected chi connectivity index (χ3v) is 3.31. The largest absolute Gasteiger partial charge is 0.360 e. The van der Waals surface area contributed by atoms with Gasteiger partial charge in [0.05, 0.1) is 0 Å². The fourth-order valence-corrected chi connectivity index (χ4v) is 2.20. The number of aromatic amines is 1. The van der Waals surface area contributed by atoms with E-state index in [9.17, 15) is 4.79 Å². The molecule has 4 heteroatoms. The summed E-state index contributed by atoms with van der Waals surface area (Å²) < 4.78 is 0. The average Bonchev–Trinajstić information content (AvgIpc) is 2.85. The van der Waals surface area contributed by atoms with Crippen LogP contribution < -0.4 is 0 Å². The van der Waals surface area contributed by atoms with Crippen molar-refractivity contribution in [2.75, 3.05) is 0 Å². The zero-order valence-electron chi connectivity index (χ0n) is 10.1. The third kappa shape index (κ3) is 2.37. The molecule has 3 aromatic rings. The molecule has 1 aromatic carbocycles. The molecule has 0 fully saturated rings. The standard InChI is InChI=1S/C15H11ClN2O/c16-11-3-1-10(2-4-11)7-15(19)13-9-18-14-5-6-17-8-12(13)14/h1-6,8-9,18H,7H2. The van der Waals surface area contributed by atoms with Crippen molar-refractivity contribution < 1.29 is 4.79 Å². The molecule has 0 unspecified atom stereocenters. The van der Waals surface area contributed by atoms with Crippen LogP contribution in [-0.4, -0.2) is 15.8 Å². The molecule has 0 amide bonds. The van der Waals surface area contributed by atoms with Crippen LogP contribution in [0.4, 0.5) is 0 Å². The number of halogens is 1. The summed E-state index contributed by atoms with van der Waals surface area (Å²) in [7, 11) is 0. The quantitative estimate of drug-likeness (QED) is 0.739. The normalized spacial score (nSPS) is 10.8. The van der Waals surface area contributed by atoms with Gasteiger partial charge in [0.1, 0.15) is 0 Å². The fourth-order valence-electron chi connectivity index (χ4n) is 2.08. The van der Waals surface area contributed by atoms with E-state index in [1.807, 2.05) is 18.2 Å². The van der Waals surface area contributed by atoms with Gasteiger partial charge in [0.2, 0.25) is 0 Å². The van der Waals surface area contributed by atoms with Gasteiger partial charge in [0, 0.05) is 46.5 Å². The molecule has 0 radical (unpaired) electrons. The van der Waals surface area contributed by atoms with Crippen molar-refractivity contribution in [3.63, 3.8) is 0 Å². The Hall–Kier alpha value is -2.13. The molecule has 0 aliphatic rings. The highest BCUT2D eigenvalue weighted by atomic mass is 35.5. The van der Waals surface area contributed by atoms with E-state index in [0.29, 0.717) is 17.0 Å². The first-order valence-electron chi connectivity index (χ1n) is 5.93. The number of hydrogen-bond donors (Lipinski definition) is 1. The van der Waals surface area contributed by atoms with E-state index in [2.05, 4.69) is 9.97 Å². The summed E-state index contributed by atoms with van der Waals surface area (Å²) in [5.74, 6) is 0.0709. The molecule has 2 heterocycles. The summed E-state index contributed by atoms with van der Waals surface area (Å²) in [5.41, 5.74) is 2.56. The second kappa shape index (κ2) is 4.86. The van der Waals surface area contributed by atoms with Crippen LogP contribution in [0.3, 0.4) is 0 Å². The second-order valence-corrected chi connectivity index (χ2v) is 4.79. The van der Waals surface area contributed by atoms with E-state index in [0.717, 1.165) is 16.5 Å². The molecule has 2 aromatic heterocycles. The predicted octanol–water partition coefficient (Wildman–Crippen LogP) is 3.64. The monoisotopic (exact) mass is 270 g/mol. The fraction of sp³-hybridized carbons (Fsp3) is 0.0667. The molecule has 0 bridgehead atoms. The first-order chi connectivity index (χ1) is 9.24. The molecule has 3 nitrogen and oxygen atoms in total. The van der Waals surface area contributed by atoms with Crippen LogP contribution in [-0.2, 0) is 6.42 Å². The van der Waals surface area contributed by atoms with Gasteiger partial charge in [0.15, 0.2) is 5.78 Å². The number of hydrogen-bond acceptors (Lipinski definition) is 2. The Balaban J connectivity index is 1.90. The number of carbonyl (C=O) groups excluding carboxylic acids is 1. The molecular weight excluding hydrogens is 260 g/mol. The molecule has 0 aliphatic carbocycles. The van der Waals surface area contributed by atoms with Crippen LogP contribution in [0.25, 0.3) is 10.9 Å². The van der Waals surface area contributed by atoms with Gasteiger partial charge in [-0.25, -0.2) is 0 Å². The third-order valence-electron chi connectivity index (χ3n) is 3.06. The van der Waals surface area contributed by atoms with E-state index in [1.165, 1.54) is 0 Å². The van der Waals surface area contributed by atoms with E-state index >= 15 is 0 Å². The minimum Gasteiger partial charge on any atom is -0.360 e. The molecular formula is C15H11ClN2O. The molecule has 0 spiro atoms. The Morgan fingerprint density at radius 2 is 2.00 bits per heavy atom. The smallest absolute Gasteiger partial charge is 0.169 e. The number of rotatable bonds is 3. The number of ketones is 1. The molecule has 3 rings (SSSR count). The van der Waals surface area contributed by atoms with Crippen LogP contribution in [0.1, 0.15) is 15.9 Å². The lowest BCUT2D eigenvalue weighted by Gasteiger charge is -2.00. The number of nitrogens with one attached hydrogen (secondary N) is 1. The zero-order chi connectivity index (χ0) is 13.2. The summed E-state index contributed by atoms with van der Waals surface area (Å²) in [5, 5.41) is 1.54. The van der Waals surface area contributed by atoms with Crippen LogP contribution in [0.15, 0.2) is 48.9 Å². The molecule has 0 aliphatic heterocycles. The number of fused-ring (bicyclic) bond motifs is 1. The van der Waals surface area contributed by atoms with E-state index in [4.69, 9.17) is 11.6 Å². The molecule has 94 valence electrons. The minimum absolute atomic E-state index is 0.0709. The van der Waals surface area contributed by atoms with Gasteiger partial charge in [-0.2, -0.15) is 0 Å². The summed E-state index contributed by atoms with van der Waals surface area (Å²) >= 11 is 5.83. The number of Topliss-reactive ketones (excluding diaryl/α,β-unsaturated/α-hetero) is 1. The molecule has 0 atom stereocenters. The van der Waals surface area contributed by atoms with Gasteiger partial charge >= 0.3 is 0 Å². The molecule has 0 saturated carbocycles. The van der Waals surface area contributed by atoms with Crippen LogP contribution in [0.2, 0.25) is 5.02 Å². The van der Waals surface area contributed by atoms with Crippen molar-refractivity contribution in [3.8, 4) is 0 Å². The number of benzene rings is 1. The SMILES string of the molecule is O=C(Cc1ccc(Cl)cc1)c1c[nH]c2ccncc12. The van der Waals surface area contributed by atoms with E-state index in [1.54, 1.807) is 30.7 Å². The topological polar surface area (TPSA) is 45.8 Å². The maximum atomic E-state index is 12.3. The average molecular weight is 271 g/mol. The number of nitrogens with zero attached hydrogens (tertiary/aromatic N) is 1. The predicted molar refractivity (Wildman–Crippen MR) is 75.6 cm³/mol. The first kappa shape index (κ1) is 11.9. The highest BCUT2D eigenvalue weighted by molar-refractivity contribution is 6.30. The van der Waals surface area contributed by atoms with Crippen molar-refractivity contribution in [1.82, 2.24) is 9.97 Å². The second-order valence-electron chi connectivity index (χ2n) is 4.35. The number of pyridine rings is 1. The van der Waals surface area contributed by atoms with Crippen molar-refractivity contribution in [1.29, 1.82) is 0 Å². The lowest BCUT2D eigenvalue weighted by atomic mass is 10.0. The maximum Gasteiger partial charge on any atom is 0.169 e. The van der Waals surface area contributed by atoms with Crippen LogP contribution in [0, 0.1) is 0 Å². The van der Waals surface area contributed by atoms with Crippen molar-refractivity contribution in [3.05, 3.63) is 65.1 Å². The summed E-state index contributed by atoms with van der Waals surface area (Å²) in [6.45, 7) is 0. The van der Waals surface area contributed by atoms with E-state index in [-0.39, 0.29) is 5.78 Å². The Labute approximate surface area is 115 Å². The van der Waals surface area contributed by atoms with Gasteiger partial charge in [-0.05, 0) is 23.8 Å².